The van der Waals surface area contributed by atoms with Crippen LogP contribution in [0.15, 0.2) is 83.6 Å². The van der Waals surface area contributed by atoms with Crippen LogP contribution < -0.4 is 15.8 Å². The van der Waals surface area contributed by atoms with Gasteiger partial charge in [0.2, 0.25) is 0 Å². The average molecular weight is 541 g/mol. The molecule has 37 heavy (non-hydrogen) atoms. The Morgan fingerprint density at radius 2 is 1.73 bits per heavy atom. The van der Waals surface area contributed by atoms with E-state index < -0.39 is 0 Å². The highest BCUT2D eigenvalue weighted by Gasteiger charge is 2.22. The van der Waals surface area contributed by atoms with Crippen molar-refractivity contribution in [2.45, 2.75) is 0 Å². The molecule has 0 aliphatic rings. The normalized spacial score (nSPS) is 11.1. The first-order chi connectivity index (χ1) is 18.1. The van der Waals surface area contributed by atoms with Gasteiger partial charge in [0.1, 0.15) is 15.5 Å². The Hall–Kier alpha value is -4.05. The molecule has 0 fully saturated rings. The quantitative estimate of drug-likeness (QED) is 0.226. The Labute approximate surface area is 225 Å². The minimum atomic E-state index is -0.297. The molecule has 6 nitrogen and oxygen atoms in total. The molecular formula is C28H20N4O2S3. The van der Waals surface area contributed by atoms with Crippen LogP contribution in [0.2, 0.25) is 0 Å². The van der Waals surface area contributed by atoms with Gasteiger partial charge in [0.15, 0.2) is 5.13 Å². The van der Waals surface area contributed by atoms with E-state index in [4.69, 9.17) is 15.5 Å². The molecule has 0 unspecified atom stereocenters. The minimum absolute atomic E-state index is 0.297. The van der Waals surface area contributed by atoms with E-state index in [1.165, 1.54) is 22.7 Å². The Kier molecular flexibility index (Phi) is 6.17. The second-order valence-corrected chi connectivity index (χ2v) is 10.9. The summed E-state index contributed by atoms with van der Waals surface area (Å²) in [7, 11) is 1.64. The number of hydrogen-bond donors (Lipinski definition) is 2. The van der Waals surface area contributed by atoms with E-state index in [-0.39, 0.29) is 5.91 Å². The monoisotopic (exact) mass is 540 g/mol. The van der Waals surface area contributed by atoms with Crippen LogP contribution >= 0.6 is 34.0 Å². The molecule has 0 radical (unpaired) electrons. The summed E-state index contributed by atoms with van der Waals surface area (Å²) in [6.45, 7) is 0. The molecule has 0 saturated heterocycles. The number of nitrogens with two attached hydrogens (primary N) is 1. The van der Waals surface area contributed by atoms with Gasteiger partial charge in [-0.15, -0.1) is 34.0 Å². The Morgan fingerprint density at radius 1 is 0.919 bits per heavy atom. The van der Waals surface area contributed by atoms with E-state index in [1.807, 2.05) is 83.6 Å². The van der Waals surface area contributed by atoms with Crippen molar-refractivity contribution in [2.75, 3.05) is 18.2 Å². The molecule has 0 bridgehead atoms. The van der Waals surface area contributed by atoms with Gasteiger partial charge in [0.25, 0.3) is 5.91 Å². The largest absolute Gasteiger partial charge is 0.497 e. The average Bonchev–Trinajstić information content (AvgIpc) is 3.70. The summed E-state index contributed by atoms with van der Waals surface area (Å²) >= 11 is 4.28. The highest BCUT2D eigenvalue weighted by molar-refractivity contribution is 7.21. The summed E-state index contributed by atoms with van der Waals surface area (Å²) in [5.74, 6) is 0.468. The summed E-state index contributed by atoms with van der Waals surface area (Å²) in [5, 5.41) is 8.15. The summed E-state index contributed by atoms with van der Waals surface area (Å²) in [4.78, 5) is 25.0. The van der Waals surface area contributed by atoms with Crippen LogP contribution in [0.4, 0.5) is 10.8 Å². The topological polar surface area (TPSA) is 90.1 Å². The van der Waals surface area contributed by atoms with Crippen LogP contribution in [0.1, 0.15) is 9.67 Å². The smallest absolute Gasteiger partial charge is 0.269 e. The Bertz CT molecular complexity index is 1710. The molecule has 6 aromatic rings. The number of carbonyl (C=O) groups excluding carboxylic acids is 1. The number of thiophene rings is 2. The van der Waals surface area contributed by atoms with Gasteiger partial charge in [-0.3, -0.25) is 10.1 Å². The number of nitrogens with one attached hydrogen (secondary N) is 1. The molecule has 0 spiro atoms. The molecule has 0 aliphatic carbocycles. The minimum Gasteiger partial charge on any atom is -0.497 e. The zero-order valence-electron chi connectivity index (χ0n) is 19.6. The zero-order chi connectivity index (χ0) is 25.4. The second-order valence-electron chi connectivity index (χ2n) is 8.14. The number of nitrogens with zero attached hydrogens (tertiary/aromatic N) is 2. The van der Waals surface area contributed by atoms with Crippen molar-refractivity contribution >= 4 is 61.0 Å². The lowest BCUT2D eigenvalue weighted by atomic mass is 9.99. The van der Waals surface area contributed by atoms with Gasteiger partial charge in [-0.1, -0.05) is 48.5 Å². The molecular weight excluding hydrogens is 521 g/mol. The predicted molar refractivity (Wildman–Crippen MR) is 155 cm³/mol. The molecule has 0 aliphatic heterocycles. The van der Waals surface area contributed by atoms with Crippen molar-refractivity contribution in [3.63, 3.8) is 0 Å². The lowest BCUT2D eigenvalue weighted by Crippen LogP contribution is -2.11. The standard InChI is InChI=1S/C28H20N4O2S3/c1-34-18-11-9-16(10-12-18)19-14-20(17-6-3-2-4-7-17)30-27-23(19)24(29)25(37-27)26(33)32-28-31-21(15-36-28)22-8-5-13-35-22/h2-15H,29H2,1H3,(H,31,32,33). The molecule has 9 heteroatoms. The van der Waals surface area contributed by atoms with Gasteiger partial charge >= 0.3 is 0 Å². The molecule has 3 N–H and O–H groups in total. The second kappa shape index (κ2) is 9.78. The van der Waals surface area contributed by atoms with E-state index in [0.29, 0.717) is 20.5 Å². The lowest BCUT2D eigenvalue weighted by molar-refractivity contribution is 0.103. The van der Waals surface area contributed by atoms with Crippen LogP contribution in [-0.2, 0) is 0 Å². The number of hydrogen-bond acceptors (Lipinski definition) is 8. The number of anilines is 2. The summed E-state index contributed by atoms with van der Waals surface area (Å²) < 4.78 is 5.33. The van der Waals surface area contributed by atoms with Gasteiger partial charge in [-0.2, -0.15) is 0 Å². The number of methoxy groups -OCH3 is 1. The number of fused-ring (bicyclic) bond motifs is 1. The highest BCUT2D eigenvalue weighted by Crippen LogP contribution is 2.42. The summed E-state index contributed by atoms with van der Waals surface area (Å²) in [5.41, 5.74) is 11.6. The maximum absolute atomic E-state index is 13.3. The Balaban J connectivity index is 1.43. The molecule has 0 saturated carbocycles. The molecule has 6 rings (SSSR count). The van der Waals surface area contributed by atoms with Gasteiger partial charge in [-0.25, -0.2) is 9.97 Å². The van der Waals surface area contributed by atoms with Crippen molar-refractivity contribution in [2.24, 2.45) is 0 Å². The van der Waals surface area contributed by atoms with Crippen molar-refractivity contribution in [3.05, 3.63) is 88.4 Å². The molecule has 182 valence electrons. The highest BCUT2D eigenvalue weighted by atomic mass is 32.1. The number of rotatable bonds is 6. The lowest BCUT2D eigenvalue weighted by Gasteiger charge is -2.09. The van der Waals surface area contributed by atoms with Crippen LogP contribution in [0.3, 0.4) is 0 Å². The number of pyridine rings is 1. The first-order valence-corrected chi connectivity index (χ1v) is 13.9. The van der Waals surface area contributed by atoms with E-state index >= 15 is 0 Å². The third kappa shape index (κ3) is 4.48. The van der Waals surface area contributed by atoms with Gasteiger partial charge < -0.3 is 10.5 Å². The van der Waals surface area contributed by atoms with E-state index in [2.05, 4.69) is 10.3 Å². The van der Waals surface area contributed by atoms with Crippen molar-refractivity contribution in [1.29, 1.82) is 0 Å². The molecule has 2 aromatic carbocycles. The number of carbonyl (C=O) groups is 1. The number of thiazole rings is 1. The van der Waals surface area contributed by atoms with Gasteiger partial charge in [-0.05, 0) is 40.8 Å². The third-order valence-corrected chi connectivity index (χ3v) is 8.62. The van der Waals surface area contributed by atoms with E-state index in [1.54, 1.807) is 18.4 Å². The molecule has 0 atom stereocenters. The number of ether oxygens (including phenoxy) is 1. The molecule has 4 heterocycles. The SMILES string of the molecule is COc1ccc(-c2cc(-c3ccccc3)nc3sc(C(=O)Nc4nc(-c5cccs5)cs4)c(N)c23)cc1. The van der Waals surface area contributed by atoms with Crippen LogP contribution in [0.25, 0.3) is 43.2 Å². The van der Waals surface area contributed by atoms with Crippen LogP contribution in [0.5, 0.6) is 5.75 Å². The van der Waals surface area contributed by atoms with Gasteiger partial charge in [0.05, 0.1) is 29.1 Å². The van der Waals surface area contributed by atoms with E-state index in [0.717, 1.165) is 44.1 Å². The van der Waals surface area contributed by atoms with Gasteiger partial charge in [0, 0.05) is 16.3 Å². The zero-order valence-corrected chi connectivity index (χ0v) is 22.0. The first-order valence-electron chi connectivity index (χ1n) is 11.3. The fourth-order valence-electron chi connectivity index (χ4n) is 4.07. The van der Waals surface area contributed by atoms with E-state index in [9.17, 15) is 4.79 Å². The summed E-state index contributed by atoms with van der Waals surface area (Å²) in [6, 6.07) is 23.8. The Morgan fingerprint density at radius 3 is 2.46 bits per heavy atom. The summed E-state index contributed by atoms with van der Waals surface area (Å²) in [6.07, 6.45) is 0. The molecule has 4 aromatic heterocycles. The maximum Gasteiger partial charge on any atom is 0.269 e. The van der Waals surface area contributed by atoms with Crippen LogP contribution in [-0.4, -0.2) is 23.0 Å². The molecule has 1 amide bonds. The number of amides is 1. The maximum atomic E-state index is 13.3. The predicted octanol–water partition coefficient (Wildman–Crippen LogP) is 7.66. The third-order valence-electron chi connectivity index (χ3n) is 5.87. The first kappa shape index (κ1) is 23.4. The van der Waals surface area contributed by atoms with Crippen molar-refractivity contribution in [1.82, 2.24) is 9.97 Å². The number of benzene rings is 2. The number of aromatic nitrogens is 2. The van der Waals surface area contributed by atoms with Crippen LogP contribution in [0, 0.1) is 0 Å². The fourth-order valence-corrected chi connectivity index (χ4v) is 6.55. The number of nitrogen functional groups attached to an aromatic ring is 1. The van der Waals surface area contributed by atoms with Crippen molar-refractivity contribution < 1.29 is 9.53 Å². The van der Waals surface area contributed by atoms with Crippen molar-refractivity contribution in [3.8, 4) is 38.7 Å². The fraction of sp³-hybridized carbons (Fsp3) is 0.0357.